The molecule has 0 rings (SSSR count). The van der Waals surface area contributed by atoms with Gasteiger partial charge in [-0.1, -0.05) is 57.9 Å². The minimum absolute atomic E-state index is 0.138. The molecule has 0 saturated carbocycles. The van der Waals surface area contributed by atoms with Crippen molar-refractivity contribution >= 4 is 29.5 Å². The van der Waals surface area contributed by atoms with Crippen LogP contribution in [-0.4, -0.2) is 15.6 Å². The minimum atomic E-state index is 0.138. The maximum atomic E-state index is 11.7. The normalized spacial score (nSPS) is 14.4. The SMILES string of the molecule is C=C(C)C(=O)SC(CCCCCC)CC(C)S. The van der Waals surface area contributed by atoms with Crippen molar-refractivity contribution in [3.8, 4) is 0 Å². The Bertz CT molecular complexity index is 236. The predicted octanol–water partition coefficient (Wildman–Crippen LogP) is 4.87. The molecule has 0 N–H and O–H groups in total. The summed E-state index contributed by atoms with van der Waals surface area (Å²) in [5.41, 5.74) is 0.653. The molecule has 0 bridgehead atoms. The first kappa shape index (κ1) is 17.1. The van der Waals surface area contributed by atoms with E-state index in [2.05, 4.69) is 33.1 Å². The van der Waals surface area contributed by atoms with E-state index < -0.39 is 0 Å². The van der Waals surface area contributed by atoms with Crippen molar-refractivity contribution in [2.45, 2.75) is 69.8 Å². The van der Waals surface area contributed by atoms with E-state index >= 15 is 0 Å². The van der Waals surface area contributed by atoms with Crippen LogP contribution in [0.15, 0.2) is 12.2 Å². The van der Waals surface area contributed by atoms with Gasteiger partial charge in [0.1, 0.15) is 0 Å². The summed E-state index contributed by atoms with van der Waals surface area (Å²) in [5, 5.41) is 0.902. The molecule has 2 atom stereocenters. The van der Waals surface area contributed by atoms with Crippen molar-refractivity contribution in [3.63, 3.8) is 0 Å². The fraction of sp³-hybridized carbons (Fsp3) is 0.786. The third-order valence-electron chi connectivity index (χ3n) is 2.61. The molecule has 0 aliphatic rings. The van der Waals surface area contributed by atoms with Crippen molar-refractivity contribution in [1.29, 1.82) is 0 Å². The smallest absolute Gasteiger partial charge is 0.214 e. The lowest BCUT2D eigenvalue weighted by Crippen LogP contribution is -2.12. The van der Waals surface area contributed by atoms with Gasteiger partial charge in [0.2, 0.25) is 5.12 Å². The third-order valence-corrected chi connectivity index (χ3v) is 4.14. The van der Waals surface area contributed by atoms with Crippen molar-refractivity contribution in [3.05, 3.63) is 12.2 Å². The highest BCUT2D eigenvalue weighted by atomic mass is 32.2. The molecule has 0 spiro atoms. The van der Waals surface area contributed by atoms with E-state index in [4.69, 9.17) is 0 Å². The monoisotopic (exact) mass is 274 g/mol. The van der Waals surface area contributed by atoms with Gasteiger partial charge in [0.15, 0.2) is 0 Å². The molecule has 0 aromatic rings. The van der Waals surface area contributed by atoms with Crippen LogP contribution in [0.25, 0.3) is 0 Å². The summed E-state index contributed by atoms with van der Waals surface area (Å²) in [7, 11) is 0. The van der Waals surface area contributed by atoms with Crippen LogP contribution in [0.3, 0.4) is 0 Å². The summed E-state index contributed by atoms with van der Waals surface area (Å²) in [5.74, 6) is 0. The molecule has 0 aromatic carbocycles. The highest BCUT2D eigenvalue weighted by molar-refractivity contribution is 8.14. The van der Waals surface area contributed by atoms with Crippen molar-refractivity contribution < 1.29 is 4.79 Å². The molecule has 0 aliphatic carbocycles. The van der Waals surface area contributed by atoms with Crippen LogP contribution < -0.4 is 0 Å². The zero-order chi connectivity index (χ0) is 13.3. The molecule has 0 aliphatic heterocycles. The largest absolute Gasteiger partial charge is 0.282 e. The first-order valence-electron chi connectivity index (χ1n) is 6.51. The molecule has 1 nitrogen and oxygen atoms in total. The number of rotatable bonds is 9. The van der Waals surface area contributed by atoms with Crippen molar-refractivity contribution in [2.24, 2.45) is 0 Å². The van der Waals surface area contributed by atoms with Crippen LogP contribution in [0.5, 0.6) is 0 Å². The number of hydrogen-bond donors (Lipinski definition) is 1. The first-order valence-corrected chi connectivity index (χ1v) is 7.91. The van der Waals surface area contributed by atoms with Gasteiger partial charge in [-0.3, -0.25) is 4.79 Å². The summed E-state index contributed by atoms with van der Waals surface area (Å²) >= 11 is 5.88. The molecule has 0 aromatic heterocycles. The Morgan fingerprint density at radius 3 is 2.47 bits per heavy atom. The Morgan fingerprint density at radius 2 is 2.00 bits per heavy atom. The highest BCUT2D eigenvalue weighted by Gasteiger charge is 2.16. The van der Waals surface area contributed by atoms with E-state index in [1.54, 1.807) is 6.92 Å². The molecule has 0 saturated heterocycles. The first-order chi connectivity index (χ1) is 7.97. The van der Waals surface area contributed by atoms with Gasteiger partial charge in [-0.15, -0.1) is 0 Å². The molecular formula is C14H26OS2. The van der Waals surface area contributed by atoms with Gasteiger partial charge in [-0.25, -0.2) is 0 Å². The summed E-state index contributed by atoms with van der Waals surface area (Å²) in [4.78, 5) is 11.7. The van der Waals surface area contributed by atoms with E-state index in [-0.39, 0.29) is 5.12 Å². The lowest BCUT2D eigenvalue weighted by atomic mass is 10.1. The van der Waals surface area contributed by atoms with Gasteiger partial charge in [0.05, 0.1) is 0 Å². The van der Waals surface area contributed by atoms with Crippen molar-refractivity contribution in [1.82, 2.24) is 0 Å². The number of carbonyl (C=O) groups is 1. The number of carbonyl (C=O) groups excluding carboxylic acids is 1. The van der Waals surface area contributed by atoms with Gasteiger partial charge in [-0.2, -0.15) is 12.6 Å². The van der Waals surface area contributed by atoms with Gasteiger partial charge >= 0.3 is 0 Å². The highest BCUT2D eigenvalue weighted by Crippen LogP contribution is 2.26. The number of hydrogen-bond acceptors (Lipinski definition) is 3. The zero-order valence-corrected chi connectivity index (χ0v) is 13.1. The average molecular weight is 274 g/mol. The Hall–Kier alpha value is 0.110. The molecule has 3 heteroatoms. The minimum Gasteiger partial charge on any atom is -0.282 e. The maximum absolute atomic E-state index is 11.7. The van der Waals surface area contributed by atoms with Gasteiger partial charge in [0.25, 0.3) is 0 Å². The zero-order valence-electron chi connectivity index (χ0n) is 11.4. The van der Waals surface area contributed by atoms with Crippen LogP contribution >= 0.6 is 24.4 Å². The van der Waals surface area contributed by atoms with Crippen LogP contribution in [0, 0.1) is 0 Å². The molecular weight excluding hydrogens is 248 g/mol. The molecule has 2 unspecified atom stereocenters. The molecule has 0 heterocycles. The standard InChI is InChI=1S/C14H26OS2/c1-5-6-7-8-9-13(10-12(4)16)17-14(15)11(2)3/h12-13,16H,2,5-10H2,1,3-4H3. The maximum Gasteiger partial charge on any atom is 0.214 e. The van der Waals surface area contributed by atoms with E-state index in [9.17, 15) is 4.79 Å². The number of thiol groups is 1. The fourth-order valence-corrected chi connectivity index (χ4v) is 3.23. The summed E-state index contributed by atoms with van der Waals surface area (Å²) < 4.78 is 0. The third kappa shape index (κ3) is 9.78. The molecule has 0 radical (unpaired) electrons. The molecule has 17 heavy (non-hydrogen) atoms. The summed E-state index contributed by atoms with van der Waals surface area (Å²) in [6, 6.07) is 0. The van der Waals surface area contributed by atoms with Crippen molar-refractivity contribution in [2.75, 3.05) is 0 Å². The van der Waals surface area contributed by atoms with Crippen LogP contribution in [0.4, 0.5) is 0 Å². The average Bonchev–Trinajstić information content (AvgIpc) is 2.23. The Kier molecular flexibility index (Phi) is 10.1. The Morgan fingerprint density at radius 1 is 1.35 bits per heavy atom. The van der Waals surface area contributed by atoms with Crippen LogP contribution in [0.1, 0.15) is 59.3 Å². The fourth-order valence-electron chi connectivity index (χ4n) is 1.66. The summed E-state index contributed by atoms with van der Waals surface area (Å²) in [6.45, 7) is 9.80. The van der Waals surface area contributed by atoms with E-state index in [0.29, 0.717) is 16.1 Å². The van der Waals surface area contributed by atoms with Crippen LogP contribution in [0.2, 0.25) is 0 Å². The van der Waals surface area contributed by atoms with Crippen LogP contribution in [-0.2, 0) is 4.79 Å². The predicted molar refractivity (Wildman–Crippen MR) is 83.0 cm³/mol. The molecule has 0 amide bonds. The lowest BCUT2D eigenvalue weighted by molar-refractivity contribution is -0.107. The molecule has 0 fully saturated rings. The second-order valence-corrected chi connectivity index (χ2v) is 6.90. The Balaban J connectivity index is 4.04. The number of thioether (sulfide) groups is 1. The quantitative estimate of drug-likeness (QED) is 0.367. The second kappa shape index (κ2) is 10.1. The van der Waals surface area contributed by atoms with E-state index in [1.165, 1.54) is 37.4 Å². The number of unbranched alkanes of at least 4 members (excludes halogenated alkanes) is 3. The van der Waals surface area contributed by atoms with Gasteiger partial charge in [0, 0.05) is 5.25 Å². The lowest BCUT2D eigenvalue weighted by Gasteiger charge is -2.17. The van der Waals surface area contributed by atoms with Gasteiger partial charge < -0.3 is 0 Å². The Labute approximate surface area is 116 Å². The second-order valence-electron chi connectivity index (χ2n) is 4.74. The van der Waals surface area contributed by atoms with Gasteiger partial charge in [-0.05, 0) is 30.6 Å². The topological polar surface area (TPSA) is 17.1 Å². The van der Waals surface area contributed by atoms with E-state index in [0.717, 1.165) is 12.8 Å². The van der Waals surface area contributed by atoms with E-state index in [1.807, 2.05) is 0 Å². The molecule has 100 valence electrons. The summed E-state index contributed by atoms with van der Waals surface area (Å²) in [6.07, 6.45) is 7.16.